The molecule has 126 valence electrons. The van der Waals surface area contributed by atoms with Gasteiger partial charge in [0, 0.05) is 24.9 Å². The number of halogens is 1. The summed E-state index contributed by atoms with van der Waals surface area (Å²) < 4.78 is 14.1. The maximum atomic E-state index is 14.1. The van der Waals surface area contributed by atoms with E-state index in [-0.39, 0.29) is 24.0 Å². The van der Waals surface area contributed by atoms with Crippen LogP contribution in [0.1, 0.15) is 50.2 Å². The Labute approximate surface area is 130 Å². The Morgan fingerprint density at radius 2 is 1.82 bits per heavy atom. The van der Waals surface area contributed by atoms with Gasteiger partial charge in [-0.05, 0) is 37.1 Å². The first-order chi connectivity index (χ1) is 10.2. The summed E-state index contributed by atoms with van der Waals surface area (Å²) >= 11 is 0. The Morgan fingerprint density at radius 1 is 1.27 bits per heavy atom. The molecule has 1 atom stereocenters. The maximum Gasteiger partial charge on any atom is 0.148 e. The van der Waals surface area contributed by atoms with Gasteiger partial charge in [-0.3, -0.25) is 0 Å². The van der Waals surface area contributed by atoms with Crippen LogP contribution >= 0.6 is 0 Å². The van der Waals surface area contributed by atoms with Gasteiger partial charge in [-0.25, -0.2) is 4.39 Å². The summed E-state index contributed by atoms with van der Waals surface area (Å²) in [6, 6.07) is 2.69. The quantitative estimate of drug-likeness (QED) is 0.475. The molecule has 0 heterocycles. The maximum absolute atomic E-state index is 14.1. The molecular weight excluding hydrogens is 289 g/mol. The van der Waals surface area contributed by atoms with Crippen LogP contribution in [0, 0.1) is 5.82 Å². The van der Waals surface area contributed by atoms with E-state index in [1.165, 1.54) is 6.92 Å². The van der Waals surface area contributed by atoms with E-state index >= 15 is 0 Å². The molecule has 5 nitrogen and oxygen atoms in total. The van der Waals surface area contributed by atoms with Gasteiger partial charge in [-0.2, -0.15) is 0 Å². The first kappa shape index (κ1) is 20.5. The molecule has 0 radical (unpaired) electrons. The Morgan fingerprint density at radius 3 is 2.23 bits per heavy atom. The van der Waals surface area contributed by atoms with Gasteiger partial charge >= 0.3 is 0 Å². The van der Waals surface area contributed by atoms with E-state index in [4.69, 9.17) is 10.2 Å². The van der Waals surface area contributed by atoms with Crippen LogP contribution in [0.5, 0.6) is 5.75 Å². The molecule has 22 heavy (non-hydrogen) atoms. The summed E-state index contributed by atoms with van der Waals surface area (Å²) in [5.74, 6) is -0.631. The minimum absolute atomic E-state index is 0.0748. The fourth-order valence-corrected chi connectivity index (χ4v) is 2.20. The molecule has 0 bridgehead atoms. The van der Waals surface area contributed by atoms with Crippen LogP contribution in [0.2, 0.25) is 0 Å². The summed E-state index contributed by atoms with van der Waals surface area (Å²) in [7, 11) is 1.77. The topological polar surface area (TPSA) is 89.8 Å². The van der Waals surface area contributed by atoms with E-state index in [0.29, 0.717) is 12.1 Å². The van der Waals surface area contributed by atoms with Crippen LogP contribution < -0.4 is 5.32 Å². The molecule has 0 spiro atoms. The zero-order chi connectivity index (χ0) is 17.3. The van der Waals surface area contributed by atoms with Crippen molar-refractivity contribution < 1.29 is 24.5 Å². The third-order valence-corrected chi connectivity index (χ3v) is 3.01. The van der Waals surface area contributed by atoms with E-state index in [9.17, 15) is 14.3 Å². The molecule has 6 heteroatoms. The van der Waals surface area contributed by atoms with Crippen molar-refractivity contribution in [1.29, 1.82) is 0 Å². The minimum Gasteiger partial charge on any atom is -0.508 e. The van der Waals surface area contributed by atoms with Crippen LogP contribution in [0.15, 0.2) is 12.1 Å². The van der Waals surface area contributed by atoms with Crippen molar-refractivity contribution in [3.63, 3.8) is 0 Å². The number of carbonyl (C=O) groups is 1. The molecule has 1 aromatic rings. The van der Waals surface area contributed by atoms with Gasteiger partial charge in [0.15, 0.2) is 0 Å². The highest BCUT2D eigenvalue weighted by atomic mass is 19.1. The van der Waals surface area contributed by atoms with Crippen LogP contribution in [0.3, 0.4) is 0 Å². The van der Waals surface area contributed by atoms with Gasteiger partial charge < -0.3 is 25.4 Å². The standard InChI is InChI=1S/C14H20FNO2.C2H6O2/c1-9(2)12-6-11(18)7-13(15)14(12)10(4-5-17)8-16-3;1-2(3)4/h5-7,9-10,16,18H,4,8H2,1-3H3;2-4H,1H3. The molecule has 0 aromatic heterocycles. The molecule has 0 aliphatic rings. The SMILES string of the molecule is CC(O)O.CNCC(CC=O)c1c(F)cc(O)cc1C(C)C. The highest BCUT2D eigenvalue weighted by Gasteiger charge is 2.21. The number of rotatable bonds is 6. The molecule has 0 aliphatic heterocycles. The number of phenols is 1. The van der Waals surface area contributed by atoms with Crippen molar-refractivity contribution in [2.45, 2.75) is 45.3 Å². The molecule has 1 rings (SSSR count). The minimum atomic E-state index is -1.17. The molecule has 0 amide bonds. The van der Waals surface area contributed by atoms with Gasteiger partial charge in [0.2, 0.25) is 0 Å². The third kappa shape index (κ3) is 6.98. The number of hydrogen-bond acceptors (Lipinski definition) is 5. The van der Waals surface area contributed by atoms with Gasteiger partial charge in [0.25, 0.3) is 0 Å². The Bertz CT molecular complexity index is 461. The third-order valence-electron chi connectivity index (χ3n) is 3.01. The zero-order valence-electron chi connectivity index (χ0n) is 13.5. The predicted octanol–water partition coefficient (Wildman–Crippen LogP) is 1.86. The molecular formula is C16H26FNO4. The molecule has 0 fully saturated rings. The Kier molecular flexibility index (Phi) is 9.56. The summed E-state index contributed by atoms with van der Waals surface area (Å²) in [5, 5.41) is 27.7. The fourth-order valence-electron chi connectivity index (χ4n) is 2.20. The number of phenolic OH excluding ortho intramolecular Hbond substituents is 1. The van der Waals surface area contributed by atoms with Crippen molar-refractivity contribution in [1.82, 2.24) is 5.32 Å². The Balaban J connectivity index is 0.000000980. The zero-order valence-corrected chi connectivity index (χ0v) is 13.5. The van der Waals surface area contributed by atoms with Gasteiger partial charge in [-0.15, -0.1) is 0 Å². The second-order valence-electron chi connectivity index (χ2n) is 5.37. The second kappa shape index (κ2) is 10.3. The van der Waals surface area contributed by atoms with Gasteiger partial charge in [0.1, 0.15) is 24.1 Å². The highest BCUT2D eigenvalue weighted by molar-refractivity contribution is 5.53. The molecule has 0 saturated carbocycles. The average Bonchev–Trinajstić information content (AvgIpc) is 2.37. The lowest BCUT2D eigenvalue weighted by molar-refractivity contribution is -0.108. The fraction of sp³-hybridized carbons (Fsp3) is 0.562. The average molecular weight is 315 g/mol. The molecule has 0 saturated heterocycles. The first-order valence-corrected chi connectivity index (χ1v) is 7.21. The number of likely N-dealkylation sites (N-methyl/N-ethyl adjacent to an activating group) is 1. The monoisotopic (exact) mass is 315 g/mol. The van der Waals surface area contributed by atoms with Crippen molar-refractivity contribution >= 4 is 6.29 Å². The van der Waals surface area contributed by atoms with Gasteiger partial charge in [-0.1, -0.05) is 13.8 Å². The number of aliphatic hydroxyl groups excluding tert-OH is 1. The first-order valence-electron chi connectivity index (χ1n) is 7.21. The molecule has 1 aromatic carbocycles. The van der Waals surface area contributed by atoms with Crippen molar-refractivity contribution in [2.24, 2.45) is 0 Å². The van der Waals surface area contributed by atoms with E-state index < -0.39 is 12.1 Å². The van der Waals surface area contributed by atoms with Crippen LogP contribution in [-0.4, -0.2) is 41.5 Å². The number of hydrogen-bond donors (Lipinski definition) is 4. The summed E-state index contributed by atoms with van der Waals surface area (Å²) in [6.45, 7) is 5.68. The number of aliphatic hydroxyl groups is 2. The van der Waals surface area contributed by atoms with Crippen molar-refractivity contribution in [3.05, 3.63) is 29.1 Å². The molecule has 0 aliphatic carbocycles. The number of aromatic hydroxyl groups is 1. The largest absolute Gasteiger partial charge is 0.508 e. The van der Waals surface area contributed by atoms with E-state index in [1.54, 1.807) is 13.1 Å². The number of aldehydes is 1. The summed E-state index contributed by atoms with van der Waals surface area (Å²) in [5.41, 5.74) is 1.29. The van der Waals surface area contributed by atoms with Crippen LogP contribution in [-0.2, 0) is 4.79 Å². The summed E-state index contributed by atoms with van der Waals surface area (Å²) in [6.07, 6.45) is -0.0966. The van der Waals surface area contributed by atoms with Crippen molar-refractivity contribution in [3.8, 4) is 5.75 Å². The normalized spacial score (nSPS) is 12.0. The number of nitrogens with one attached hydrogen (secondary N) is 1. The molecule has 1 unspecified atom stereocenters. The lowest BCUT2D eigenvalue weighted by Crippen LogP contribution is -2.20. The Hall–Kier alpha value is -1.50. The van der Waals surface area contributed by atoms with E-state index in [1.807, 2.05) is 13.8 Å². The molecule has 4 N–H and O–H groups in total. The predicted molar refractivity (Wildman–Crippen MR) is 83.4 cm³/mol. The highest BCUT2D eigenvalue weighted by Crippen LogP contribution is 2.33. The summed E-state index contributed by atoms with van der Waals surface area (Å²) in [4.78, 5) is 10.7. The van der Waals surface area contributed by atoms with E-state index in [0.717, 1.165) is 17.9 Å². The lowest BCUT2D eigenvalue weighted by atomic mass is 9.86. The number of benzene rings is 1. The van der Waals surface area contributed by atoms with Crippen LogP contribution in [0.4, 0.5) is 4.39 Å². The van der Waals surface area contributed by atoms with E-state index in [2.05, 4.69) is 5.32 Å². The second-order valence-corrected chi connectivity index (χ2v) is 5.37. The van der Waals surface area contributed by atoms with Crippen LogP contribution in [0.25, 0.3) is 0 Å². The van der Waals surface area contributed by atoms with Gasteiger partial charge in [0.05, 0.1) is 0 Å². The van der Waals surface area contributed by atoms with Crippen molar-refractivity contribution in [2.75, 3.05) is 13.6 Å². The smallest absolute Gasteiger partial charge is 0.148 e. The lowest BCUT2D eigenvalue weighted by Gasteiger charge is -2.21. The number of carbonyl (C=O) groups excluding carboxylic acids is 1.